The number of hydrogen-bond acceptors (Lipinski definition) is 4. The molecule has 0 spiro atoms. The Labute approximate surface area is 146 Å². The number of rotatable bonds is 6. The van der Waals surface area contributed by atoms with Crippen LogP contribution in [-0.4, -0.2) is 42.8 Å². The Kier molecular flexibility index (Phi) is 4.92. The Morgan fingerprint density at radius 1 is 1.32 bits per heavy atom. The first-order valence-corrected chi connectivity index (χ1v) is 8.36. The van der Waals surface area contributed by atoms with Crippen LogP contribution < -0.4 is 0 Å². The van der Waals surface area contributed by atoms with Gasteiger partial charge in [-0.05, 0) is 37.1 Å². The van der Waals surface area contributed by atoms with E-state index in [0.717, 1.165) is 29.8 Å². The zero-order valence-corrected chi connectivity index (χ0v) is 14.7. The van der Waals surface area contributed by atoms with Crippen molar-refractivity contribution in [1.29, 1.82) is 0 Å². The summed E-state index contributed by atoms with van der Waals surface area (Å²) >= 11 is 0. The molecule has 25 heavy (non-hydrogen) atoms. The van der Waals surface area contributed by atoms with Gasteiger partial charge in [0.25, 0.3) is 5.91 Å². The van der Waals surface area contributed by atoms with Crippen molar-refractivity contribution in [3.63, 3.8) is 0 Å². The van der Waals surface area contributed by atoms with E-state index in [-0.39, 0.29) is 11.9 Å². The minimum atomic E-state index is -0.0912. The molecule has 0 radical (unpaired) electrons. The number of amides is 1. The fourth-order valence-corrected chi connectivity index (χ4v) is 2.70. The van der Waals surface area contributed by atoms with Gasteiger partial charge in [0, 0.05) is 12.7 Å². The molecule has 1 amide bonds. The molecule has 2 aromatic heterocycles. The average molecular weight is 338 g/mol. The van der Waals surface area contributed by atoms with Crippen LogP contribution in [0.2, 0.25) is 0 Å². The SMILES string of the molecule is CCCc1cc(C(=O)N(C)C(C)c2ccc(-n3cncn3)cc2)n[nH]1. The van der Waals surface area contributed by atoms with Crippen LogP contribution in [0.4, 0.5) is 0 Å². The highest BCUT2D eigenvalue weighted by atomic mass is 16.2. The Morgan fingerprint density at radius 3 is 2.72 bits per heavy atom. The maximum absolute atomic E-state index is 12.7. The molecule has 3 aromatic rings. The Bertz CT molecular complexity index is 822. The number of hydrogen-bond donors (Lipinski definition) is 1. The zero-order chi connectivity index (χ0) is 17.8. The predicted molar refractivity (Wildman–Crippen MR) is 94.5 cm³/mol. The highest BCUT2D eigenvalue weighted by molar-refractivity contribution is 5.92. The minimum Gasteiger partial charge on any atom is -0.334 e. The van der Waals surface area contributed by atoms with Crippen molar-refractivity contribution in [2.75, 3.05) is 7.05 Å². The quantitative estimate of drug-likeness (QED) is 0.749. The van der Waals surface area contributed by atoms with E-state index in [9.17, 15) is 4.79 Å². The highest BCUT2D eigenvalue weighted by Crippen LogP contribution is 2.22. The summed E-state index contributed by atoms with van der Waals surface area (Å²) in [4.78, 5) is 18.3. The average Bonchev–Trinajstić information content (AvgIpc) is 3.32. The van der Waals surface area contributed by atoms with Gasteiger partial charge in [-0.2, -0.15) is 10.2 Å². The molecule has 0 bridgehead atoms. The number of H-pyrrole nitrogens is 1. The molecule has 1 atom stereocenters. The lowest BCUT2D eigenvalue weighted by molar-refractivity contribution is 0.0736. The minimum absolute atomic E-state index is 0.0661. The summed E-state index contributed by atoms with van der Waals surface area (Å²) in [6.45, 7) is 4.10. The number of nitrogens with zero attached hydrogens (tertiary/aromatic N) is 5. The predicted octanol–water partition coefficient (Wildman–Crippen LogP) is 2.78. The molecule has 0 aliphatic heterocycles. The Balaban J connectivity index is 1.72. The van der Waals surface area contributed by atoms with Crippen LogP contribution in [0, 0.1) is 0 Å². The molecular weight excluding hydrogens is 316 g/mol. The molecular formula is C18H22N6O. The van der Waals surface area contributed by atoms with E-state index in [1.165, 1.54) is 6.33 Å². The zero-order valence-electron chi connectivity index (χ0n) is 14.7. The molecule has 0 fully saturated rings. The fourth-order valence-electron chi connectivity index (χ4n) is 2.70. The van der Waals surface area contributed by atoms with E-state index in [2.05, 4.69) is 27.2 Å². The molecule has 130 valence electrons. The van der Waals surface area contributed by atoms with Crippen LogP contribution in [0.15, 0.2) is 43.0 Å². The second-order valence-electron chi connectivity index (χ2n) is 6.05. The molecule has 0 aliphatic carbocycles. The van der Waals surface area contributed by atoms with Crippen LogP contribution in [0.1, 0.15) is 48.1 Å². The topological polar surface area (TPSA) is 79.7 Å². The summed E-state index contributed by atoms with van der Waals surface area (Å²) in [5.41, 5.74) is 3.42. The van der Waals surface area contributed by atoms with Crippen LogP contribution in [-0.2, 0) is 6.42 Å². The second kappa shape index (κ2) is 7.29. The summed E-state index contributed by atoms with van der Waals surface area (Å²) < 4.78 is 1.70. The molecule has 2 heterocycles. The molecule has 1 aromatic carbocycles. The van der Waals surface area contributed by atoms with Crippen LogP contribution in [0.25, 0.3) is 5.69 Å². The van der Waals surface area contributed by atoms with Gasteiger partial charge in [0.2, 0.25) is 0 Å². The number of benzene rings is 1. The van der Waals surface area contributed by atoms with Gasteiger partial charge < -0.3 is 4.90 Å². The van der Waals surface area contributed by atoms with Gasteiger partial charge in [0.05, 0.1) is 11.7 Å². The van der Waals surface area contributed by atoms with Gasteiger partial charge in [-0.25, -0.2) is 9.67 Å². The molecule has 7 nitrogen and oxygen atoms in total. The van der Waals surface area contributed by atoms with Crippen LogP contribution >= 0.6 is 0 Å². The van der Waals surface area contributed by atoms with Crippen LogP contribution in [0.3, 0.4) is 0 Å². The van der Waals surface area contributed by atoms with Crippen LogP contribution in [0.5, 0.6) is 0 Å². The summed E-state index contributed by atoms with van der Waals surface area (Å²) in [5, 5.41) is 11.2. The van der Waals surface area contributed by atoms with Gasteiger partial charge in [0.15, 0.2) is 0 Å². The maximum Gasteiger partial charge on any atom is 0.274 e. The Morgan fingerprint density at radius 2 is 2.08 bits per heavy atom. The second-order valence-corrected chi connectivity index (χ2v) is 6.05. The first-order valence-electron chi connectivity index (χ1n) is 8.36. The smallest absolute Gasteiger partial charge is 0.274 e. The highest BCUT2D eigenvalue weighted by Gasteiger charge is 2.21. The molecule has 0 saturated heterocycles. The van der Waals surface area contributed by atoms with Crippen molar-refractivity contribution in [3.05, 3.63) is 59.9 Å². The number of aryl methyl sites for hydroxylation is 1. The van der Waals surface area contributed by atoms with Gasteiger partial charge in [-0.1, -0.05) is 25.5 Å². The van der Waals surface area contributed by atoms with Gasteiger partial charge in [-0.15, -0.1) is 0 Å². The number of carbonyl (C=O) groups is 1. The lowest BCUT2D eigenvalue weighted by Gasteiger charge is -2.24. The fraction of sp³-hybridized carbons (Fsp3) is 0.333. The van der Waals surface area contributed by atoms with Crippen molar-refractivity contribution in [2.24, 2.45) is 0 Å². The van der Waals surface area contributed by atoms with Crippen molar-refractivity contribution in [1.82, 2.24) is 29.9 Å². The van der Waals surface area contributed by atoms with E-state index < -0.39 is 0 Å². The third-order valence-electron chi connectivity index (χ3n) is 4.33. The number of nitrogens with one attached hydrogen (secondary N) is 1. The first-order chi connectivity index (χ1) is 12.1. The molecule has 1 N–H and O–H groups in total. The summed E-state index contributed by atoms with van der Waals surface area (Å²) in [5.74, 6) is -0.0912. The normalized spacial score (nSPS) is 12.1. The first kappa shape index (κ1) is 16.9. The van der Waals surface area contributed by atoms with Crippen molar-refractivity contribution < 1.29 is 4.79 Å². The standard InChI is InChI=1S/C18H22N6O/c1-4-5-15-10-17(22-21-15)18(25)23(3)13(2)14-6-8-16(9-7-14)24-12-19-11-20-24/h6-13H,4-5H2,1-3H3,(H,21,22). The third-order valence-corrected chi connectivity index (χ3v) is 4.33. The number of aromatic amines is 1. The monoisotopic (exact) mass is 338 g/mol. The summed E-state index contributed by atoms with van der Waals surface area (Å²) in [6, 6.07) is 9.70. The lowest BCUT2D eigenvalue weighted by Crippen LogP contribution is -2.30. The number of aromatic nitrogens is 5. The lowest BCUT2D eigenvalue weighted by atomic mass is 10.1. The summed E-state index contributed by atoms with van der Waals surface area (Å²) in [6.07, 6.45) is 5.06. The number of carbonyl (C=O) groups excluding carboxylic acids is 1. The molecule has 7 heteroatoms. The third kappa shape index (κ3) is 3.60. The Hall–Kier alpha value is -2.96. The molecule has 3 rings (SSSR count). The van der Waals surface area contributed by atoms with Crippen molar-refractivity contribution in [3.8, 4) is 5.69 Å². The molecule has 1 unspecified atom stereocenters. The summed E-state index contributed by atoms with van der Waals surface area (Å²) in [7, 11) is 1.80. The van der Waals surface area contributed by atoms with E-state index in [0.29, 0.717) is 5.69 Å². The largest absolute Gasteiger partial charge is 0.334 e. The van der Waals surface area contributed by atoms with E-state index >= 15 is 0 Å². The van der Waals surface area contributed by atoms with E-state index in [4.69, 9.17) is 0 Å². The van der Waals surface area contributed by atoms with E-state index in [1.807, 2.05) is 37.3 Å². The molecule has 0 saturated carbocycles. The van der Waals surface area contributed by atoms with Crippen molar-refractivity contribution >= 4 is 5.91 Å². The van der Waals surface area contributed by atoms with Gasteiger partial charge >= 0.3 is 0 Å². The molecule has 0 aliphatic rings. The van der Waals surface area contributed by atoms with Gasteiger partial charge in [-0.3, -0.25) is 9.89 Å². The maximum atomic E-state index is 12.7. The van der Waals surface area contributed by atoms with E-state index in [1.54, 1.807) is 23.0 Å². The van der Waals surface area contributed by atoms with Crippen molar-refractivity contribution in [2.45, 2.75) is 32.7 Å². The van der Waals surface area contributed by atoms with Gasteiger partial charge in [0.1, 0.15) is 18.3 Å².